The zero-order valence-corrected chi connectivity index (χ0v) is 21.8. The molecule has 1 spiro atoms. The highest BCUT2D eigenvalue weighted by molar-refractivity contribution is 7.13. The molecule has 0 aromatic carbocycles. The highest BCUT2D eigenvalue weighted by Gasteiger charge is 2.44. The lowest BCUT2D eigenvalue weighted by Gasteiger charge is -2.48. The smallest absolute Gasteiger partial charge is 0.475 e. The number of thiophene rings is 1. The van der Waals surface area contributed by atoms with Crippen molar-refractivity contribution in [1.29, 1.82) is 0 Å². The van der Waals surface area contributed by atoms with Gasteiger partial charge in [0.25, 0.3) is 0 Å². The van der Waals surface area contributed by atoms with Gasteiger partial charge in [-0.3, -0.25) is 9.80 Å². The van der Waals surface area contributed by atoms with E-state index in [-0.39, 0.29) is 5.54 Å². The van der Waals surface area contributed by atoms with Crippen LogP contribution in [-0.4, -0.2) is 85.8 Å². The molecule has 0 amide bonds. The lowest BCUT2D eigenvalue weighted by atomic mass is 9.84. The van der Waals surface area contributed by atoms with Crippen LogP contribution in [0.15, 0.2) is 40.5 Å². The van der Waals surface area contributed by atoms with Gasteiger partial charge in [0.05, 0.1) is 29.5 Å². The molecule has 5 rings (SSSR count). The number of furan rings is 1. The fourth-order valence-electron chi connectivity index (χ4n) is 4.50. The molecule has 10 nitrogen and oxygen atoms in total. The summed E-state index contributed by atoms with van der Waals surface area (Å²) in [5, 5.41) is 25.5. The second-order valence-corrected chi connectivity index (χ2v) is 10.1. The maximum atomic E-state index is 10.6. The first kappa shape index (κ1) is 31.1. The van der Waals surface area contributed by atoms with Gasteiger partial charge >= 0.3 is 24.3 Å². The maximum absolute atomic E-state index is 10.6. The lowest BCUT2D eigenvalue weighted by molar-refractivity contribution is -0.193. The molecule has 3 aromatic heterocycles. The number of likely N-dealkylation sites (tertiary alicyclic amines) is 1. The number of hydrogen-bond donors (Lipinski definition) is 2. The number of carboxylic acid groups (broad SMARTS) is 2. The summed E-state index contributed by atoms with van der Waals surface area (Å²) in [7, 11) is 2.20. The van der Waals surface area contributed by atoms with Gasteiger partial charge in [-0.25, -0.2) is 9.59 Å². The summed E-state index contributed by atoms with van der Waals surface area (Å²) in [6.45, 7) is 5.07. The zero-order valence-electron chi connectivity index (χ0n) is 20.9. The second kappa shape index (κ2) is 12.4. The Morgan fingerprint density at radius 3 is 2.12 bits per heavy atom. The van der Waals surface area contributed by atoms with E-state index in [2.05, 4.69) is 55.2 Å². The Labute approximate surface area is 227 Å². The molecule has 0 atom stereocenters. The average molecular weight is 598 g/mol. The normalized spacial score (nSPS) is 17.3. The summed E-state index contributed by atoms with van der Waals surface area (Å²) in [5.74, 6) is -3.36. The Morgan fingerprint density at radius 1 is 1.05 bits per heavy atom. The van der Waals surface area contributed by atoms with Gasteiger partial charge in [0.1, 0.15) is 5.82 Å². The minimum Gasteiger partial charge on any atom is -0.475 e. The summed E-state index contributed by atoms with van der Waals surface area (Å²) in [6, 6.07) is 6.31. The van der Waals surface area contributed by atoms with E-state index in [0.29, 0.717) is 0 Å². The third kappa shape index (κ3) is 7.82. The first-order valence-electron chi connectivity index (χ1n) is 11.6. The predicted octanol–water partition coefficient (Wildman–Crippen LogP) is 4.30. The Bertz CT molecular complexity index is 1230. The standard InChI is InChI=1S/C19H23N5OS.2C2HF3O2/c1-22-12-17-20-21-18(16-3-2-10-26-16)24(17)19(14-22)5-7-23(8-6-19)11-15-4-9-25-13-15;2*3-2(4,5)1(6)7/h2-4,9-10,13H,5-8,11-12,14H2,1H3;2*(H,6,7). The number of rotatable bonds is 3. The van der Waals surface area contributed by atoms with Gasteiger partial charge in [0.2, 0.25) is 0 Å². The fourth-order valence-corrected chi connectivity index (χ4v) is 5.20. The van der Waals surface area contributed by atoms with Gasteiger partial charge in [-0.1, -0.05) is 6.07 Å². The first-order chi connectivity index (χ1) is 18.6. The number of nitrogens with zero attached hydrogens (tertiary/aromatic N) is 5. The highest BCUT2D eigenvalue weighted by Crippen LogP contribution is 2.40. The number of halogens is 6. The molecule has 1 fully saturated rings. The van der Waals surface area contributed by atoms with Crippen molar-refractivity contribution in [3.8, 4) is 10.7 Å². The van der Waals surface area contributed by atoms with E-state index < -0.39 is 24.3 Å². The van der Waals surface area contributed by atoms with Crippen LogP contribution in [0.1, 0.15) is 24.2 Å². The van der Waals surface area contributed by atoms with Crippen molar-refractivity contribution in [2.75, 3.05) is 26.7 Å². The van der Waals surface area contributed by atoms with Crippen LogP contribution in [-0.2, 0) is 28.2 Å². The molecule has 0 bridgehead atoms. The Morgan fingerprint density at radius 2 is 1.65 bits per heavy atom. The molecule has 0 aliphatic carbocycles. The van der Waals surface area contributed by atoms with E-state index in [1.54, 1.807) is 17.6 Å². The minimum atomic E-state index is -5.08. The molecule has 2 N–H and O–H groups in total. The third-order valence-corrected chi connectivity index (χ3v) is 7.05. The third-order valence-electron chi connectivity index (χ3n) is 6.18. The number of carboxylic acids is 2. The molecule has 40 heavy (non-hydrogen) atoms. The van der Waals surface area contributed by atoms with Crippen LogP contribution in [0.25, 0.3) is 10.7 Å². The molecule has 0 saturated carbocycles. The minimum absolute atomic E-state index is 0.0953. The molecule has 1 saturated heterocycles. The van der Waals surface area contributed by atoms with Crippen LogP contribution < -0.4 is 0 Å². The number of fused-ring (bicyclic) bond motifs is 2. The molecule has 5 heterocycles. The SMILES string of the molecule is CN1Cc2nnc(-c3cccs3)n2C2(CCN(Cc3ccoc3)CC2)C1.O=C(O)C(F)(F)F.O=C(O)C(F)(F)F. The Kier molecular flexibility index (Phi) is 9.63. The quantitative estimate of drug-likeness (QED) is 0.425. The summed E-state index contributed by atoms with van der Waals surface area (Å²) in [6.07, 6.45) is -4.31. The van der Waals surface area contributed by atoms with Crippen LogP contribution in [0, 0.1) is 0 Å². The van der Waals surface area contributed by atoms with E-state index in [4.69, 9.17) is 24.2 Å². The number of piperidine rings is 1. The molecular weight excluding hydrogens is 572 g/mol. The van der Waals surface area contributed by atoms with Crippen LogP contribution >= 0.6 is 11.3 Å². The summed E-state index contributed by atoms with van der Waals surface area (Å²) < 4.78 is 71.2. The van der Waals surface area contributed by atoms with Gasteiger partial charge < -0.3 is 19.2 Å². The van der Waals surface area contributed by atoms with Gasteiger partial charge in [-0.2, -0.15) is 26.3 Å². The van der Waals surface area contributed by atoms with Gasteiger partial charge in [0, 0.05) is 31.7 Å². The van der Waals surface area contributed by atoms with Gasteiger partial charge in [0.15, 0.2) is 5.82 Å². The van der Waals surface area contributed by atoms with E-state index in [9.17, 15) is 26.3 Å². The molecular formula is C23H25F6N5O5S. The van der Waals surface area contributed by atoms with E-state index >= 15 is 0 Å². The number of hydrogen-bond acceptors (Lipinski definition) is 8. The molecule has 0 unspecified atom stereocenters. The summed E-state index contributed by atoms with van der Waals surface area (Å²) >= 11 is 1.75. The molecule has 3 aromatic rings. The molecule has 2 aliphatic heterocycles. The van der Waals surface area contributed by atoms with Crippen molar-refractivity contribution in [1.82, 2.24) is 24.6 Å². The van der Waals surface area contributed by atoms with Crippen molar-refractivity contribution in [2.24, 2.45) is 0 Å². The monoisotopic (exact) mass is 597 g/mol. The highest BCUT2D eigenvalue weighted by atomic mass is 32.1. The van der Waals surface area contributed by atoms with Crippen LogP contribution in [0.2, 0.25) is 0 Å². The topological polar surface area (TPSA) is 125 Å². The Balaban J connectivity index is 0.000000263. The van der Waals surface area contributed by atoms with Gasteiger partial charge in [-0.05, 0) is 37.4 Å². The lowest BCUT2D eigenvalue weighted by Crippen LogP contribution is -2.55. The molecule has 0 radical (unpaired) electrons. The van der Waals surface area contributed by atoms with Crippen LogP contribution in [0.3, 0.4) is 0 Å². The molecule has 220 valence electrons. The first-order valence-corrected chi connectivity index (χ1v) is 12.5. The number of alkyl halides is 6. The number of carbonyl (C=O) groups is 2. The zero-order chi connectivity index (χ0) is 29.7. The molecule has 17 heteroatoms. The second-order valence-electron chi connectivity index (χ2n) is 9.16. The van der Waals surface area contributed by atoms with Crippen LogP contribution in [0.4, 0.5) is 26.3 Å². The van der Waals surface area contributed by atoms with Crippen molar-refractivity contribution < 1.29 is 50.6 Å². The van der Waals surface area contributed by atoms with Crippen molar-refractivity contribution in [2.45, 2.75) is 43.8 Å². The fraction of sp³-hybridized carbons (Fsp3) is 0.478. The number of likely N-dealkylation sites (N-methyl/N-ethyl adjacent to an activating group) is 1. The van der Waals surface area contributed by atoms with Crippen molar-refractivity contribution in [3.63, 3.8) is 0 Å². The number of aromatic nitrogens is 3. The van der Waals surface area contributed by atoms with E-state index in [1.807, 2.05) is 6.26 Å². The van der Waals surface area contributed by atoms with Crippen molar-refractivity contribution >= 4 is 23.3 Å². The van der Waals surface area contributed by atoms with Crippen LogP contribution in [0.5, 0.6) is 0 Å². The van der Waals surface area contributed by atoms with Gasteiger partial charge in [-0.15, -0.1) is 21.5 Å². The Hall–Kier alpha value is -3.44. The molecule has 2 aliphatic rings. The van der Waals surface area contributed by atoms with Crippen molar-refractivity contribution in [3.05, 3.63) is 47.5 Å². The predicted molar refractivity (Wildman–Crippen MR) is 128 cm³/mol. The largest absolute Gasteiger partial charge is 0.490 e. The number of aliphatic carboxylic acids is 2. The van der Waals surface area contributed by atoms with E-state index in [0.717, 1.165) is 57.2 Å². The summed E-state index contributed by atoms with van der Waals surface area (Å²) in [5.41, 5.74) is 1.35. The average Bonchev–Trinajstić information content (AvgIpc) is 3.62. The summed E-state index contributed by atoms with van der Waals surface area (Å²) in [4.78, 5) is 23.9. The maximum Gasteiger partial charge on any atom is 0.490 e. The van der Waals surface area contributed by atoms with E-state index in [1.165, 1.54) is 10.4 Å².